The summed E-state index contributed by atoms with van der Waals surface area (Å²) in [6, 6.07) is 15.9. The molecule has 2 rings (SSSR count). The molecule has 2 aromatic carbocycles. The van der Waals surface area contributed by atoms with Crippen LogP contribution >= 0.6 is 24.0 Å². The number of benzene rings is 2. The second-order valence-corrected chi connectivity index (χ2v) is 9.05. The molecule has 1 unspecified atom stereocenters. The van der Waals surface area contributed by atoms with E-state index in [9.17, 15) is 8.42 Å². The van der Waals surface area contributed by atoms with Crippen LogP contribution in [-0.2, 0) is 16.4 Å². The minimum atomic E-state index is -3.20. The molecule has 0 spiro atoms. The Morgan fingerprint density at radius 3 is 2.28 bits per heavy atom. The van der Waals surface area contributed by atoms with E-state index in [2.05, 4.69) is 46.8 Å². The number of rotatable bonds is 7. The average Bonchev–Trinajstić information content (AvgIpc) is 2.64. The fourth-order valence-electron chi connectivity index (χ4n) is 3.11. The summed E-state index contributed by atoms with van der Waals surface area (Å²) in [7, 11) is 2.65. The van der Waals surface area contributed by atoms with Crippen LogP contribution in [0.2, 0.25) is 0 Å². The van der Waals surface area contributed by atoms with E-state index < -0.39 is 9.84 Å². The van der Waals surface area contributed by atoms with E-state index in [0.717, 1.165) is 11.1 Å². The Morgan fingerprint density at radius 2 is 1.76 bits per heavy atom. The van der Waals surface area contributed by atoms with E-state index in [1.807, 2.05) is 37.3 Å². The lowest BCUT2D eigenvalue weighted by atomic mass is 10.1. The summed E-state index contributed by atoms with van der Waals surface area (Å²) in [5.74, 6) is 0.702. The van der Waals surface area contributed by atoms with Crippen LogP contribution in [-0.4, -0.2) is 53.2 Å². The summed E-state index contributed by atoms with van der Waals surface area (Å²) in [5, 5.41) is 6.66. The average molecular weight is 530 g/mol. The molecule has 0 bridgehead atoms. The van der Waals surface area contributed by atoms with Gasteiger partial charge in [-0.05, 0) is 43.8 Å². The molecular weight excluding hydrogens is 499 g/mol. The van der Waals surface area contributed by atoms with Crippen LogP contribution in [0.5, 0.6) is 0 Å². The molecule has 0 fully saturated rings. The normalized spacial score (nSPS) is 13.0. The molecule has 29 heavy (non-hydrogen) atoms. The first-order valence-electron chi connectivity index (χ1n) is 9.18. The van der Waals surface area contributed by atoms with Crippen molar-refractivity contribution < 1.29 is 8.42 Å². The Hall–Kier alpha value is -1.65. The highest BCUT2D eigenvalue weighted by atomic mass is 127. The Bertz CT molecular complexity index is 916. The van der Waals surface area contributed by atoms with Gasteiger partial charge in [0.2, 0.25) is 0 Å². The third-order valence-electron chi connectivity index (χ3n) is 4.59. The second kappa shape index (κ2) is 11.5. The molecule has 0 heterocycles. The Labute approximate surface area is 191 Å². The first kappa shape index (κ1) is 25.4. The van der Waals surface area contributed by atoms with E-state index >= 15 is 0 Å². The first-order chi connectivity index (χ1) is 13.2. The van der Waals surface area contributed by atoms with Crippen LogP contribution in [0.15, 0.2) is 58.4 Å². The molecule has 0 saturated carbocycles. The molecule has 8 heteroatoms. The highest BCUT2D eigenvalue weighted by Gasteiger charge is 2.14. The lowest BCUT2D eigenvalue weighted by Gasteiger charge is -2.26. The minimum Gasteiger partial charge on any atom is -0.354 e. The number of aliphatic imine (C=N–C) groups is 1. The number of nitrogens with zero attached hydrogens (tertiary/aromatic N) is 2. The molecule has 160 valence electrons. The van der Waals surface area contributed by atoms with Crippen molar-refractivity contribution in [2.24, 2.45) is 4.99 Å². The fraction of sp³-hybridized carbons (Fsp3) is 0.381. The zero-order chi connectivity index (χ0) is 20.7. The monoisotopic (exact) mass is 530 g/mol. The van der Waals surface area contributed by atoms with Crippen molar-refractivity contribution in [3.8, 4) is 0 Å². The van der Waals surface area contributed by atoms with Crippen molar-refractivity contribution in [3.05, 3.63) is 65.2 Å². The molecular formula is C21H31IN4O2S. The predicted molar refractivity (Wildman–Crippen MR) is 131 cm³/mol. The van der Waals surface area contributed by atoms with Gasteiger partial charge in [-0.25, -0.2) is 8.42 Å². The van der Waals surface area contributed by atoms with E-state index in [0.29, 0.717) is 23.9 Å². The smallest absolute Gasteiger partial charge is 0.191 e. The van der Waals surface area contributed by atoms with Crippen molar-refractivity contribution in [2.45, 2.75) is 24.4 Å². The summed E-state index contributed by atoms with van der Waals surface area (Å²) < 4.78 is 23.5. The van der Waals surface area contributed by atoms with Gasteiger partial charge in [0, 0.05) is 26.4 Å². The second-order valence-electron chi connectivity index (χ2n) is 7.07. The molecule has 0 aromatic heterocycles. The van der Waals surface area contributed by atoms with Gasteiger partial charge in [-0.2, -0.15) is 0 Å². The van der Waals surface area contributed by atoms with E-state index in [1.54, 1.807) is 13.1 Å². The van der Waals surface area contributed by atoms with Gasteiger partial charge in [-0.15, -0.1) is 24.0 Å². The van der Waals surface area contributed by atoms with Crippen LogP contribution in [0.1, 0.15) is 22.7 Å². The maximum Gasteiger partial charge on any atom is 0.191 e. The topological polar surface area (TPSA) is 73.8 Å². The largest absolute Gasteiger partial charge is 0.354 e. The van der Waals surface area contributed by atoms with Crippen molar-refractivity contribution >= 4 is 39.8 Å². The number of likely N-dealkylation sites (N-methyl/N-ethyl adjacent to an activating group) is 1. The predicted octanol–water partition coefficient (Wildman–Crippen LogP) is 2.98. The Balaban J connectivity index is 0.00000420. The third kappa shape index (κ3) is 7.60. The zero-order valence-corrected chi connectivity index (χ0v) is 20.8. The van der Waals surface area contributed by atoms with Crippen LogP contribution < -0.4 is 10.6 Å². The maximum atomic E-state index is 11.7. The maximum absolute atomic E-state index is 11.7. The van der Waals surface area contributed by atoms with E-state index in [-0.39, 0.29) is 30.0 Å². The van der Waals surface area contributed by atoms with Crippen molar-refractivity contribution in [2.75, 3.05) is 33.9 Å². The minimum absolute atomic E-state index is 0. The van der Waals surface area contributed by atoms with Gasteiger partial charge in [0.15, 0.2) is 15.8 Å². The molecule has 0 aliphatic carbocycles. The summed E-state index contributed by atoms with van der Waals surface area (Å²) in [6.45, 7) is 3.08. The molecule has 0 radical (unpaired) electrons. The van der Waals surface area contributed by atoms with Gasteiger partial charge in [-0.3, -0.25) is 4.99 Å². The molecule has 2 aromatic rings. The molecule has 1 atom stereocenters. The van der Waals surface area contributed by atoms with Crippen molar-refractivity contribution in [1.82, 2.24) is 15.5 Å². The molecule has 6 nitrogen and oxygen atoms in total. The van der Waals surface area contributed by atoms with E-state index in [4.69, 9.17) is 0 Å². The zero-order valence-electron chi connectivity index (χ0n) is 17.6. The molecule has 2 N–H and O–H groups in total. The lowest BCUT2D eigenvalue weighted by Crippen LogP contribution is -2.41. The summed E-state index contributed by atoms with van der Waals surface area (Å²) in [4.78, 5) is 6.83. The summed E-state index contributed by atoms with van der Waals surface area (Å²) in [5.41, 5.74) is 2.99. The summed E-state index contributed by atoms with van der Waals surface area (Å²) in [6.07, 6.45) is 1.23. The van der Waals surface area contributed by atoms with Crippen molar-refractivity contribution in [1.29, 1.82) is 0 Å². The lowest BCUT2D eigenvalue weighted by molar-refractivity contribution is 0.298. The van der Waals surface area contributed by atoms with Crippen LogP contribution in [0.4, 0.5) is 0 Å². The number of nitrogens with one attached hydrogen (secondary N) is 2. The van der Waals surface area contributed by atoms with E-state index in [1.165, 1.54) is 11.8 Å². The number of hydrogen-bond donors (Lipinski definition) is 2. The molecule has 0 amide bonds. The van der Waals surface area contributed by atoms with Gasteiger partial charge < -0.3 is 15.5 Å². The quantitative estimate of drug-likeness (QED) is 0.327. The molecule has 0 saturated heterocycles. The highest BCUT2D eigenvalue weighted by Crippen LogP contribution is 2.17. The van der Waals surface area contributed by atoms with Gasteiger partial charge in [0.1, 0.15) is 0 Å². The highest BCUT2D eigenvalue weighted by molar-refractivity contribution is 14.0. The molecule has 0 aliphatic rings. The Kier molecular flexibility index (Phi) is 10.1. The first-order valence-corrected chi connectivity index (χ1v) is 11.1. The third-order valence-corrected chi connectivity index (χ3v) is 5.85. The molecule has 0 aliphatic heterocycles. The Morgan fingerprint density at radius 1 is 1.10 bits per heavy atom. The van der Waals surface area contributed by atoms with Crippen molar-refractivity contribution in [3.63, 3.8) is 0 Å². The van der Waals surface area contributed by atoms with Gasteiger partial charge in [0.05, 0.1) is 10.9 Å². The van der Waals surface area contributed by atoms with Gasteiger partial charge in [-0.1, -0.05) is 42.5 Å². The number of sulfone groups is 1. The number of halogens is 1. The fourth-order valence-corrected chi connectivity index (χ4v) is 4.07. The standard InChI is InChI=1S/C21H30N4O2S.HI/c1-16-13-17(11-12-20(16)28(5,26)27)14-23-21(22-2)24-15-19(25(3)4)18-9-7-6-8-10-18;/h6-13,19H,14-15H2,1-5H3,(H2,22,23,24);1H. The van der Waals surface area contributed by atoms with Gasteiger partial charge >= 0.3 is 0 Å². The van der Waals surface area contributed by atoms with Gasteiger partial charge in [0.25, 0.3) is 0 Å². The van der Waals surface area contributed by atoms with Crippen LogP contribution in [0, 0.1) is 6.92 Å². The number of guanidine groups is 1. The number of hydrogen-bond acceptors (Lipinski definition) is 4. The SMILES string of the molecule is CN=C(NCc1ccc(S(C)(=O)=O)c(C)c1)NCC(c1ccccc1)N(C)C.I. The van der Waals surface area contributed by atoms with Crippen LogP contribution in [0.3, 0.4) is 0 Å². The van der Waals surface area contributed by atoms with Crippen LogP contribution in [0.25, 0.3) is 0 Å². The number of aryl methyl sites for hydroxylation is 1. The summed E-state index contributed by atoms with van der Waals surface area (Å²) >= 11 is 0.